The first-order valence-electron chi connectivity index (χ1n) is 8.98. The summed E-state index contributed by atoms with van der Waals surface area (Å²) in [7, 11) is 0. The van der Waals surface area contributed by atoms with Crippen LogP contribution in [0, 0.1) is 29.9 Å². The molecule has 1 aromatic heterocycles. The Kier molecular flexibility index (Phi) is 5.98. The summed E-state index contributed by atoms with van der Waals surface area (Å²) in [6, 6.07) is 4.47. The number of hydrogen-bond acceptors (Lipinski definition) is 7. The SMILES string of the molecule is Cc1ccc(C(=O)NCC2CCN(C(=O)c3snnc3C)CC2)cc1[N+](=O)[O-]. The van der Waals surface area contributed by atoms with Gasteiger partial charge < -0.3 is 10.2 Å². The maximum atomic E-state index is 12.5. The molecule has 0 saturated carbocycles. The standard InChI is InChI=1S/C18H21N5O4S/c1-11-3-4-14(9-15(11)23(26)27)17(24)19-10-13-5-7-22(8-6-13)18(25)16-12(2)20-21-28-16/h3-4,9,13H,5-8,10H2,1-2H3,(H,19,24). The highest BCUT2D eigenvalue weighted by Gasteiger charge is 2.26. The zero-order chi connectivity index (χ0) is 20.3. The van der Waals surface area contributed by atoms with Crippen LogP contribution in [0.25, 0.3) is 0 Å². The summed E-state index contributed by atoms with van der Waals surface area (Å²) in [6.45, 7) is 5.12. The third-order valence-electron chi connectivity index (χ3n) is 4.97. The van der Waals surface area contributed by atoms with Crippen molar-refractivity contribution in [1.82, 2.24) is 19.8 Å². The lowest BCUT2D eigenvalue weighted by atomic mass is 9.96. The molecule has 1 aliphatic heterocycles. The van der Waals surface area contributed by atoms with E-state index in [-0.39, 0.29) is 29.0 Å². The lowest BCUT2D eigenvalue weighted by Gasteiger charge is -2.31. The minimum absolute atomic E-state index is 0.0399. The summed E-state index contributed by atoms with van der Waals surface area (Å²) in [5.41, 5.74) is 1.38. The largest absolute Gasteiger partial charge is 0.352 e. The number of nitro benzene ring substituents is 1. The number of hydrogen-bond donors (Lipinski definition) is 1. The summed E-state index contributed by atoms with van der Waals surface area (Å²) in [5, 5.41) is 17.8. The number of aromatic nitrogens is 2. The Hall–Kier alpha value is -2.88. The molecule has 0 spiro atoms. The van der Waals surface area contributed by atoms with Gasteiger partial charge in [-0.2, -0.15) is 0 Å². The molecule has 2 amide bonds. The van der Waals surface area contributed by atoms with Crippen LogP contribution in [0.1, 0.15) is 44.1 Å². The highest BCUT2D eigenvalue weighted by Crippen LogP contribution is 2.22. The average molecular weight is 403 g/mol. The van der Waals surface area contributed by atoms with Gasteiger partial charge in [0.1, 0.15) is 4.88 Å². The minimum Gasteiger partial charge on any atom is -0.352 e. The molecule has 1 aliphatic rings. The van der Waals surface area contributed by atoms with E-state index < -0.39 is 4.92 Å². The van der Waals surface area contributed by atoms with Crippen molar-refractivity contribution in [2.75, 3.05) is 19.6 Å². The fourth-order valence-electron chi connectivity index (χ4n) is 3.20. The van der Waals surface area contributed by atoms with Gasteiger partial charge in [-0.3, -0.25) is 19.7 Å². The minimum atomic E-state index is -0.487. The Morgan fingerprint density at radius 2 is 2.04 bits per heavy atom. The normalized spacial score (nSPS) is 14.7. The second-order valence-corrected chi connectivity index (χ2v) is 7.65. The summed E-state index contributed by atoms with van der Waals surface area (Å²) in [6.07, 6.45) is 1.57. The Morgan fingerprint density at radius 1 is 1.32 bits per heavy atom. The molecular formula is C18H21N5O4S. The van der Waals surface area contributed by atoms with Gasteiger partial charge in [-0.15, -0.1) is 5.10 Å². The van der Waals surface area contributed by atoms with E-state index >= 15 is 0 Å². The number of nitro groups is 1. The predicted octanol–water partition coefficient (Wildman–Crippen LogP) is 2.35. The van der Waals surface area contributed by atoms with Crippen molar-refractivity contribution in [3.63, 3.8) is 0 Å². The molecule has 0 atom stereocenters. The molecule has 1 aromatic carbocycles. The molecule has 2 aromatic rings. The summed E-state index contributed by atoms with van der Waals surface area (Å²) >= 11 is 1.11. The van der Waals surface area contributed by atoms with Crippen molar-refractivity contribution in [2.24, 2.45) is 5.92 Å². The molecule has 1 saturated heterocycles. The summed E-state index contributed by atoms with van der Waals surface area (Å²) in [4.78, 5) is 37.7. The molecule has 10 heteroatoms. The topological polar surface area (TPSA) is 118 Å². The molecule has 148 valence electrons. The van der Waals surface area contributed by atoms with Gasteiger partial charge in [0, 0.05) is 36.8 Å². The van der Waals surface area contributed by atoms with Gasteiger partial charge in [0.25, 0.3) is 17.5 Å². The van der Waals surface area contributed by atoms with E-state index in [1.54, 1.807) is 30.9 Å². The van der Waals surface area contributed by atoms with Crippen LogP contribution in [0.15, 0.2) is 18.2 Å². The van der Waals surface area contributed by atoms with Gasteiger partial charge in [0.05, 0.1) is 10.6 Å². The van der Waals surface area contributed by atoms with Crippen LogP contribution in [0.5, 0.6) is 0 Å². The van der Waals surface area contributed by atoms with Crippen LogP contribution in [-0.4, -0.2) is 50.9 Å². The molecule has 2 heterocycles. The molecule has 1 N–H and O–H groups in total. The van der Waals surface area contributed by atoms with Crippen LogP contribution in [0.2, 0.25) is 0 Å². The maximum absolute atomic E-state index is 12.5. The first-order valence-corrected chi connectivity index (χ1v) is 9.75. The van der Waals surface area contributed by atoms with Crippen LogP contribution in [-0.2, 0) is 0 Å². The quantitative estimate of drug-likeness (QED) is 0.605. The Labute approximate surface area is 166 Å². The van der Waals surface area contributed by atoms with E-state index in [1.165, 1.54) is 6.07 Å². The molecule has 3 rings (SSSR count). The number of nitrogens with zero attached hydrogens (tertiary/aromatic N) is 4. The fourth-order valence-corrected chi connectivity index (χ4v) is 3.82. The molecule has 28 heavy (non-hydrogen) atoms. The fraction of sp³-hybridized carbons (Fsp3) is 0.444. The second kappa shape index (κ2) is 8.42. The number of likely N-dealkylation sites (tertiary alicyclic amines) is 1. The van der Waals surface area contributed by atoms with E-state index in [0.29, 0.717) is 35.8 Å². The maximum Gasteiger partial charge on any atom is 0.273 e. The van der Waals surface area contributed by atoms with Gasteiger partial charge >= 0.3 is 0 Å². The van der Waals surface area contributed by atoms with Crippen molar-refractivity contribution >= 4 is 29.0 Å². The van der Waals surface area contributed by atoms with Crippen LogP contribution >= 0.6 is 11.5 Å². The first-order chi connectivity index (χ1) is 13.4. The van der Waals surface area contributed by atoms with Gasteiger partial charge in [-0.05, 0) is 50.2 Å². The van der Waals surface area contributed by atoms with Crippen molar-refractivity contribution in [2.45, 2.75) is 26.7 Å². The Balaban J connectivity index is 1.51. The van der Waals surface area contributed by atoms with Gasteiger partial charge in [-0.25, -0.2) is 0 Å². The number of rotatable bonds is 5. The monoisotopic (exact) mass is 403 g/mol. The number of amides is 2. The van der Waals surface area contributed by atoms with E-state index in [2.05, 4.69) is 14.9 Å². The molecule has 9 nitrogen and oxygen atoms in total. The number of nitrogens with one attached hydrogen (secondary N) is 1. The van der Waals surface area contributed by atoms with Crippen molar-refractivity contribution in [3.05, 3.63) is 50.0 Å². The van der Waals surface area contributed by atoms with E-state index in [4.69, 9.17) is 0 Å². The van der Waals surface area contributed by atoms with Crippen molar-refractivity contribution in [1.29, 1.82) is 0 Å². The zero-order valence-electron chi connectivity index (χ0n) is 15.7. The van der Waals surface area contributed by atoms with Crippen LogP contribution < -0.4 is 5.32 Å². The Bertz CT molecular complexity index is 905. The number of carbonyl (C=O) groups excluding carboxylic acids is 2. The molecule has 1 fully saturated rings. The summed E-state index contributed by atoms with van der Waals surface area (Å²) < 4.78 is 3.81. The molecule has 0 aliphatic carbocycles. The smallest absolute Gasteiger partial charge is 0.273 e. The lowest BCUT2D eigenvalue weighted by Crippen LogP contribution is -2.41. The van der Waals surface area contributed by atoms with E-state index in [0.717, 1.165) is 24.4 Å². The average Bonchev–Trinajstić information content (AvgIpc) is 3.12. The predicted molar refractivity (Wildman–Crippen MR) is 103 cm³/mol. The first kappa shape index (κ1) is 19.9. The zero-order valence-corrected chi connectivity index (χ0v) is 16.5. The van der Waals surface area contributed by atoms with Crippen LogP contribution in [0.4, 0.5) is 5.69 Å². The molecule has 0 unspecified atom stereocenters. The Morgan fingerprint density at radius 3 is 2.64 bits per heavy atom. The van der Waals surface area contributed by atoms with Gasteiger partial charge in [0.2, 0.25) is 0 Å². The number of piperidine rings is 1. The summed E-state index contributed by atoms with van der Waals surface area (Å²) in [5.74, 6) is -0.107. The van der Waals surface area contributed by atoms with E-state index in [1.807, 2.05) is 0 Å². The van der Waals surface area contributed by atoms with Gasteiger partial charge in [0.15, 0.2) is 0 Å². The highest BCUT2D eigenvalue weighted by atomic mass is 32.1. The highest BCUT2D eigenvalue weighted by molar-refractivity contribution is 7.07. The van der Waals surface area contributed by atoms with Crippen molar-refractivity contribution in [3.8, 4) is 0 Å². The number of aryl methyl sites for hydroxylation is 2. The molecule has 0 bridgehead atoms. The van der Waals surface area contributed by atoms with Crippen LogP contribution in [0.3, 0.4) is 0 Å². The number of benzene rings is 1. The second-order valence-electron chi connectivity index (χ2n) is 6.89. The third kappa shape index (κ3) is 4.33. The lowest BCUT2D eigenvalue weighted by molar-refractivity contribution is -0.385. The third-order valence-corrected chi connectivity index (χ3v) is 5.78. The van der Waals surface area contributed by atoms with Crippen molar-refractivity contribution < 1.29 is 14.5 Å². The molecular weight excluding hydrogens is 382 g/mol. The van der Waals surface area contributed by atoms with E-state index in [9.17, 15) is 19.7 Å². The molecule has 0 radical (unpaired) electrons. The van der Waals surface area contributed by atoms with Gasteiger partial charge in [-0.1, -0.05) is 10.6 Å². The number of carbonyl (C=O) groups is 2.